The monoisotopic (exact) mass is 307 g/mol. The molecule has 0 radical (unpaired) electrons. The number of rotatable bonds is 3. The topological polar surface area (TPSA) is 72.7 Å². The van der Waals surface area contributed by atoms with Crippen molar-refractivity contribution in [1.29, 1.82) is 0 Å². The van der Waals surface area contributed by atoms with Crippen LogP contribution in [0.1, 0.15) is 6.42 Å². The molecule has 6 nitrogen and oxygen atoms in total. The maximum Gasteiger partial charge on any atom is 0.260 e. The van der Waals surface area contributed by atoms with Gasteiger partial charge in [0.2, 0.25) is 0 Å². The maximum atomic E-state index is 12.3. The molecule has 1 unspecified atom stereocenters. The smallest absolute Gasteiger partial charge is 0.260 e. The first-order valence-corrected chi connectivity index (χ1v) is 8.03. The Kier molecular flexibility index (Phi) is 3.07. The zero-order valence-corrected chi connectivity index (χ0v) is 11.6. The molecule has 1 saturated heterocycles. The van der Waals surface area contributed by atoms with Gasteiger partial charge >= 0.3 is 0 Å². The van der Waals surface area contributed by atoms with Crippen LogP contribution in [-0.4, -0.2) is 37.1 Å². The van der Waals surface area contributed by atoms with Crippen LogP contribution in [0.2, 0.25) is 5.15 Å². The molecule has 18 heavy (non-hydrogen) atoms. The number of thiazole rings is 1. The highest BCUT2D eigenvalue weighted by molar-refractivity contribution is 7.89. The predicted octanol–water partition coefficient (Wildman–Crippen LogP) is 1.12. The number of hydrogen-bond acceptors (Lipinski definition) is 5. The van der Waals surface area contributed by atoms with Gasteiger partial charge in [0.1, 0.15) is 0 Å². The Labute approximate surface area is 113 Å². The van der Waals surface area contributed by atoms with Gasteiger partial charge in [-0.3, -0.25) is 4.40 Å². The molecule has 2 aromatic rings. The minimum absolute atomic E-state index is 0.00624. The molecule has 1 atom stereocenters. The molecule has 0 bridgehead atoms. The van der Waals surface area contributed by atoms with Crippen molar-refractivity contribution in [2.45, 2.75) is 17.5 Å². The van der Waals surface area contributed by atoms with Crippen molar-refractivity contribution in [3.05, 3.63) is 16.7 Å². The number of imidazole rings is 1. The summed E-state index contributed by atoms with van der Waals surface area (Å²) in [6.07, 6.45) is 2.31. The van der Waals surface area contributed by atoms with Crippen molar-refractivity contribution in [2.75, 3.05) is 13.2 Å². The van der Waals surface area contributed by atoms with Gasteiger partial charge in [-0.1, -0.05) is 11.6 Å². The van der Waals surface area contributed by atoms with Gasteiger partial charge in [0.05, 0.1) is 6.61 Å². The van der Waals surface area contributed by atoms with E-state index in [1.165, 1.54) is 15.7 Å². The number of ether oxygens (including phenoxy) is 1. The van der Waals surface area contributed by atoms with E-state index in [0.717, 1.165) is 0 Å². The van der Waals surface area contributed by atoms with E-state index in [0.29, 0.717) is 24.6 Å². The normalized spacial score (nSPS) is 20.8. The molecule has 1 aliphatic rings. The number of sulfonamides is 1. The van der Waals surface area contributed by atoms with Crippen molar-refractivity contribution in [1.82, 2.24) is 14.1 Å². The molecule has 0 saturated carbocycles. The molecule has 1 fully saturated rings. The lowest BCUT2D eigenvalue weighted by Gasteiger charge is -2.10. The summed E-state index contributed by atoms with van der Waals surface area (Å²) in [5, 5.41) is 1.75. The summed E-state index contributed by atoms with van der Waals surface area (Å²) in [5.41, 5.74) is 0. The van der Waals surface area contributed by atoms with Gasteiger partial charge in [0.25, 0.3) is 10.0 Å². The molecular formula is C9H10ClN3O3S2. The lowest BCUT2D eigenvalue weighted by Crippen LogP contribution is -2.35. The zero-order valence-electron chi connectivity index (χ0n) is 9.17. The van der Waals surface area contributed by atoms with Gasteiger partial charge in [0.15, 0.2) is 15.1 Å². The van der Waals surface area contributed by atoms with E-state index in [1.807, 2.05) is 0 Å². The highest BCUT2D eigenvalue weighted by atomic mass is 35.5. The molecule has 3 heterocycles. The quantitative estimate of drug-likeness (QED) is 0.922. The molecular weight excluding hydrogens is 298 g/mol. The van der Waals surface area contributed by atoms with E-state index in [-0.39, 0.29) is 16.2 Å². The summed E-state index contributed by atoms with van der Waals surface area (Å²) in [7, 11) is -3.68. The Hall–Kier alpha value is -0.670. The number of hydrogen-bond donors (Lipinski definition) is 1. The fourth-order valence-electron chi connectivity index (χ4n) is 1.88. The molecule has 0 amide bonds. The van der Waals surface area contributed by atoms with E-state index in [1.54, 1.807) is 11.6 Å². The van der Waals surface area contributed by atoms with E-state index < -0.39 is 10.0 Å². The largest absolute Gasteiger partial charge is 0.380 e. The second-order valence-corrected chi connectivity index (χ2v) is 6.81. The summed E-state index contributed by atoms with van der Waals surface area (Å²) in [5.74, 6) is 0. The first kappa shape index (κ1) is 12.4. The molecule has 1 N–H and O–H groups in total. The van der Waals surface area contributed by atoms with Crippen LogP contribution in [-0.2, 0) is 14.8 Å². The highest BCUT2D eigenvalue weighted by Crippen LogP contribution is 2.25. The average Bonchev–Trinajstić information content (AvgIpc) is 2.92. The summed E-state index contributed by atoms with van der Waals surface area (Å²) < 4.78 is 33.8. The molecule has 3 rings (SSSR count). The summed E-state index contributed by atoms with van der Waals surface area (Å²) in [4.78, 5) is 4.57. The summed E-state index contributed by atoms with van der Waals surface area (Å²) in [6, 6.07) is -0.199. The Morgan fingerprint density at radius 1 is 1.61 bits per heavy atom. The Balaban J connectivity index is 2.01. The minimum atomic E-state index is -3.68. The Morgan fingerprint density at radius 2 is 2.44 bits per heavy atom. The van der Waals surface area contributed by atoms with Crippen LogP contribution >= 0.6 is 22.9 Å². The number of nitrogens with one attached hydrogen (secondary N) is 1. The number of halogens is 1. The van der Waals surface area contributed by atoms with Gasteiger partial charge in [-0.15, -0.1) is 11.3 Å². The van der Waals surface area contributed by atoms with Crippen LogP contribution in [0.5, 0.6) is 0 Å². The summed E-state index contributed by atoms with van der Waals surface area (Å²) >= 11 is 7.23. The van der Waals surface area contributed by atoms with Crippen LogP contribution in [0, 0.1) is 0 Å². The third-order valence-electron chi connectivity index (χ3n) is 2.68. The predicted molar refractivity (Wildman–Crippen MR) is 67.6 cm³/mol. The number of aromatic nitrogens is 2. The van der Waals surface area contributed by atoms with Crippen LogP contribution in [0.4, 0.5) is 0 Å². The van der Waals surface area contributed by atoms with Crippen molar-refractivity contribution in [3.63, 3.8) is 0 Å². The third kappa shape index (κ3) is 2.04. The summed E-state index contributed by atoms with van der Waals surface area (Å²) in [6.45, 7) is 0.962. The second kappa shape index (κ2) is 4.46. The molecule has 0 aliphatic carbocycles. The molecule has 2 aromatic heterocycles. The van der Waals surface area contributed by atoms with Gasteiger partial charge in [-0.05, 0) is 6.42 Å². The number of fused-ring (bicyclic) bond motifs is 1. The van der Waals surface area contributed by atoms with Gasteiger partial charge < -0.3 is 4.74 Å². The molecule has 1 aliphatic heterocycles. The van der Waals surface area contributed by atoms with Crippen LogP contribution in [0.15, 0.2) is 16.6 Å². The maximum absolute atomic E-state index is 12.3. The molecule has 9 heteroatoms. The zero-order chi connectivity index (χ0) is 12.8. The van der Waals surface area contributed by atoms with Gasteiger partial charge in [-0.2, -0.15) is 0 Å². The van der Waals surface area contributed by atoms with Crippen LogP contribution in [0.25, 0.3) is 4.96 Å². The average molecular weight is 308 g/mol. The van der Waals surface area contributed by atoms with Crippen molar-refractivity contribution in [2.24, 2.45) is 0 Å². The first-order chi connectivity index (χ1) is 8.58. The second-order valence-electron chi connectivity index (χ2n) is 3.95. The lowest BCUT2D eigenvalue weighted by molar-refractivity contribution is 0.192. The van der Waals surface area contributed by atoms with Crippen LogP contribution < -0.4 is 4.72 Å². The molecule has 0 spiro atoms. The van der Waals surface area contributed by atoms with Crippen molar-refractivity contribution < 1.29 is 13.2 Å². The van der Waals surface area contributed by atoms with E-state index >= 15 is 0 Å². The molecule has 98 valence electrons. The third-order valence-corrected chi connectivity index (χ3v) is 5.36. The molecule has 0 aromatic carbocycles. The van der Waals surface area contributed by atoms with Crippen LogP contribution in [0.3, 0.4) is 0 Å². The Bertz CT molecular complexity index is 672. The van der Waals surface area contributed by atoms with E-state index in [2.05, 4.69) is 9.71 Å². The van der Waals surface area contributed by atoms with E-state index in [4.69, 9.17) is 16.3 Å². The van der Waals surface area contributed by atoms with Crippen molar-refractivity contribution in [3.8, 4) is 0 Å². The van der Waals surface area contributed by atoms with E-state index in [9.17, 15) is 8.42 Å². The fraction of sp³-hybridized carbons (Fsp3) is 0.444. The standard InChI is InChI=1S/C9H10ClN3O3S2/c10-7-8(13-2-4-17-9(13)11-7)18(14,15)12-6-1-3-16-5-6/h2,4,6,12H,1,3,5H2. The Morgan fingerprint density at radius 3 is 3.17 bits per heavy atom. The first-order valence-electron chi connectivity index (χ1n) is 5.29. The highest BCUT2D eigenvalue weighted by Gasteiger charge is 2.29. The van der Waals surface area contributed by atoms with Gasteiger partial charge in [0, 0.05) is 24.2 Å². The lowest BCUT2D eigenvalue weighted by atomic mass is 10.3. The number of nitrogens with zero attached hydrogens (tertiary/aromatic N) is 2. The van der Waals surface area contributed by atoms with Gasteiger partial charge in [-0.25, -0.2) is 18.1 Å². The van der Waals surface area contributed by atoms with Crippen molar-refractivity contribution >= 4 is 37.9 Å². The fourth-order valence-corrected chi connectivity index (χ4v) is 4.59. The minimum Gasteiger partial charge on any atom is -0.380 e. The SMILES string of the molecule is O=S(=O)(NC1CCOC1)c1c(Cl)nc2sccn12.